The van der Waals surface area contributed by atoms with Crippen LogP contribution in [0, 0.1) is 0 Å². The molecule has 0 spiro atoms. The van der Waals surface area contributed by atoms with Gasteiger partial charge in [0, 0.05) is 6.08 Å². The van der Waals surface area contributed by atoms with Crippen molar-refractivity contribution >= 4 is 16.9 Å². The molecule has 0 aliphatic carbocycles. The highest BCUT2D eigenvalue weighted by atomic mass is 28.1. The largest absolute Gasteiger partial charge is 0.478 e. The fourth-order valence-corrected chi connectivity index (χ4v) is 0. The van der Waals surface area contributed by atoms with Gasteiger partial charge in [-0.15, -0.1) is 0 Å². The van der Waals surface area contributed by atoms with Gasteiger partial charge in [-0.05, 0) is 11.0 Å². The molecular formula is C3H9FO2Si. The minimum Gasteiger partial charge on any atom is -0.478 e. The molecule has 0 heterocycles. The van der Waals surface area contributed by atoms with Gasteiger partial charge in [-0.2, -0.15) is 0 Å². The van der Waals surface area contributed by atoms with E-state index in [1.165, 1.54) is 0 Å². The number of carboxylic acids is 1. The second-order valence-corrected chi connectivity index (χ2v) is 0.542. The standard InChI is InChI=1S/C3H4O2.FH.H4Si/c1-2-3(4)5;;/h2H,1H2,(H,4,5);1H;1H4. The molecule has 44 valence electrons. The lowest BCUT2D eigenvalue weighted by molar-refractivity contribution is -0.131. The van der Waals surface area contributed by atoms with Crippen molar-refractivity contribution in [2.24, 2.45) is 0 Å². The van der Waals surface area contributed by atoms with E-state index in [1.54, 1.807) is 0 Å². The van der Waals surface area contributed by atoms with E-state index in [0.717, 1.165) is 6.08 Å². The Balaban J connectivity index is -0.0000000800. The van der Waals surface area contributed by atoms with Crippen molar-refractivity contribution in [1.82, 2.24) is 0 Å². The number of hydrogen-bond donors (Lipinski definition) is 1. The average molecular weight is 124 g/mol. The summed E-state index contributed by atoms with van der Waals surface area (Å²) in [5.74, 6) is -0.981. The van der Waals surface area contributed by atoms with Crippen LogP contribution in [0.3, 0.4) is 0 Å². The van der Waals surface area contributed by atoms with Gasteiger partial charge in [0.15, 0.2) is 0 Å². The van der Waals surface area contributed by atoms with Crippen LogP contribution in [0.4, 0.5) is 4.70 Å². The maximum absolute atomic E-state index is 9.25. The molecule has 0 aromatic carbocycles. The Hall–Kier alpha value is -0.643. The highest BCUT2D eigenvalue weighted by molar-refractivity contribution is 5.78. The minimum absolute atomic E-state index is 0. The van der Waals surface area contributed by atoms with Crippen LogP contribution in [0.25, 0.3) is 0 Å². The van der Waals surface area contributed by atoms with Crippen molar-refractivity contribution in [2.75, 3.05) is 0 Å². The van der Waals surface area contributed by atoms with Crippen LogP contribution in [-0.4, -0.2) is 22.0 Å². The number of halogens is 1. The van der Waals surface area contributed by atoms with Crippen LogP contribution in [-0.2, 0) is 4.79 Å². The van der Waals surface area contributed by atoms with E-state index in [9.17, 15) is 4.79 Å². The fraction of sp³-hybridized carbons (Fsp3) is 0. The van der Waals surface area contributed by atoms with E-state index in [-0.39, 0.29) is 15.7 Å². The minimum atomic E-state index is -0.981. The van der Waals surface area contributed by atoms with Gasteiger partial charge in [-0.1, -0.05) is 6.58 Å². The highest BCUT2D eigenvalue weighted by Gasteiger charge is 1.73. The molecule has 0 amide bonds. The third kappa shape index (κ3) is 32.8. The molecule has 0 saturated carbocycles. The zero-order chi connectivity index (χ0) is 4.28. The summed E-state index contributed by atoms with van der Waals surface area (Å²) in [7, 11) is 0. The van der Waals surface area contributed by atoms with Gasteiger partial charge in [0.1, 0.15) is 0 Å². The van der Waals surface area contributed by atoms with E-state index in [2.05, 4.69) is 6.58 Å². The van der Waals surface area contributed by atoms with Gasteiger partial charge in [0.05, 0.1) is 0 Å². The molecule has 0 unspecified atom stereocenters. The summed E-state index contributed by atoms with van der Waals surface area (Å²) < 4.78 is 0. The molecule has 0 aliphatic rings. The number of aliphatic carboxylic acids is 1. The summed E-state index contributed by atoms with van der Waals surface area (Å²) in [5.41, 5.74) is 0. The lowest BCUT2D eigenvalue weighted by Gasteiger charge is -1.64. The first-order valence-corrected chi connectivity index (χ1v) is 1.12. The van der Waals surface area contributed by atoms with Crippen LogP contribution in [0.5, 0.6) is 0 Å². The number of hydrogen-bond acceptors (Lipinski definition) is 1. The first-order chi connectivity index (χ1) is 2.27. The van der Waals surface area contributed by atoms with Crippen LogP contribution in [0.1, 0.15) is 0 Å². The van der Waals surface area contributed by atoms with Crippen molar-refractivity contribution in [3.05, 3.63) is 12.7 Å². The molecule has 0 aromatic rings. The van der Waals surface area contributed by atoms with Crippen molar-refractivity contribution in [1.29, 1.82) is 0 Å². The number of carboxylic acid groups (broad SMARTS) is 1. The first-order valence-electron chi connectivity index (χ1n) is 1.12. The summed E-state index contributed by atoms with van der Waals surface area (Å²) in [5, 5.41) is 7.60. The fourth-order valence-electron chi connectivity index (χ4n) is 0. The SMILES string of the molecule is C=CC(=O)O.F.[SiH4]. The van der Waals surface area contributed by atoms with Crippen LogP contribution < -0.4 is 0 Å². The van der Waals surface area contributed by atoms with E-state index in [1.807, 2.05) is 0 Å². The van der Waals surface area contributed by atoms with E-state index < -0.39 is 5.97 Å². The molecule has 0 saturated heterocycles. The molecule has 0 aromatic heterocycles. The monoisotopic (exact) mass is 124 g/mol. The molecule has 0 atom stereocenters. The molecule has 0 fully saturated rings. The van der Waals surface area contributed by atoms with Crippen molar-refractivity contribution in [3.63, 3.8) is 0 Å². The third-order valence-electron chi connectivity index (χ3n) is 0.175. The van der Waals surface area contributed by atoms with Gasteiger partial charge in [0.2, 0.25) is 0 Å². The Morgan fingerprint density at radius 1 is 1.71 bits per heavy atom. The maximum atomic E-state index is 9.25. The van der Waals surface area contributed by atoms with Crippen molar-refractivity contribution in [3.8, 4) is 0 Å². The summed E-state index contributed by atoms with van der Waals surface area (Å²) in [4.78, 5) is 9.25. The van der Waals surface area contributed by atoms with Crippen LogP contribution in [0.15, 0.2) is 12.7 Å². The van der Waals surface area contributed by atoms with E-state index in [0.29, 0.717) is 0 Å². The second-order valence-electron chi connectivity index (χ2n) is 0.542. The van der Waals surface area contributed by atoms with Gasteiger partial charge in [-0.25, -0.2) is 4.79 Å². The molecule has 0 aliphatic heterocycles. The molecule has 0 radical (unpaired) electrons. The Morgan fingerprint density at radius 2 is 1.86 bits per heavy atom. The normalized spacial score (nSPS) is 4.57. The van der Waals surface area contributed by atoms with E-state index >= 15 is 0 Å². The molecular weight excluding hydrogens is 115 g/mol. The molecule has 0 rings (SSSR count). The van der Waals surface area contributed by atoms with Gasteiger partial charge in [-0.3, -0.25) is 4.70 Å². The van der Waals surface area contributed by atoms with Crippen LogP contribution in [0.2, 0.25) is 0 Å². The number of carbonyl (C=O) groups is 1. The topological polar surface area (TPSA) is 37.3 Å². The first kappa shape index (κ1) is 16.2. The summed E-state index contributed by atoms with van der Waals surface area (Å²) in [6.45, 7) is 2.96. The maximum Gasteiger partial charge on any atom is 0.327 e. The smallest absolute Gasteiger partial charge is 0.327 e. The molecule has 1 N–H and O–H groups in total. The average Bonchev–Trinajstić information content (AvgIpc) is 1.38. The van der Waals surface area contributed by atoms with E-state index in [4.69, 9.17) is 5.11 Å². The summed E-state index contributed by atoms with van der Waals surface area (Å²) >= 11 is 0. The number of rotatable bonds is 1. The Kier molecular flexibility index (Phi) is 20.9. The predicted octanol–water partition coefficient (Wildman–Crippen LogP) is -1.04. The zero-order valence-electron chi connectivity index (χ0n) is 3.05. The second kappa shape index (κ2) is 9.02. The summed E-state index contributed by atoms with van der Waals surface area (Å²) in [6, 6.07) is 0. The molecule has 0 bridgehead atoms. The van der Waals surface area contributed by atoms with Gasteiger partial charge < -0.3 is 5.11 Å². The zero-order valence-corrected chi connectivity index (χ0v) is 3.05. The quantitative estimate of drug-likeness (QED) is 0.358. The van der Waals surface area contributed by atoms with Crippen molar-refractivity contribution in [2.45, 2.75) is 0 Å². The lowest BCUT2D eigenvalue weighted by Crippen LogP contribution is -1.82. The molecule has 4 heteroatoms. The van der Waals surface area contributed by atoms with Crippen molar-refractivity contribution < 1.29 is 14.6 Å². The Morgan fingerprint density at radius 3 is 1.86 bits per heavy atom. The predicted molar refractivity (Wildman–Crippen MR) is 31.7 cm³/mol. The Bertz CT molecular complexity index is 64.0. The van der Waals surface area contributed by atoms with Gasteiger partial charge >= 0.3 is 5.97 Å². The van der Waals surface area contributed by atoms with Crippen LogP contribution >= 0.6 is 0 Å². The molecule has 7 heavy (non-hydrogen) atoms. The third-order valence-corrected chi connectivity index (χ3v) is 0.175. The Labute approximate surface area is 45.2 Å². The highest BCUT2D eigenvalue weighted by Crippen LogP contribution is 1.54. The van der Waals surface area contributed by atoms with Gasteiger partial charge in [0.25, 0.3) is 0 Å². The lowest BCUT2D eigenvalue weighted by atomic mass is 10.7. The molecule has 2 nitrogen and oxygen atoms in total. The summed E-state index contributed by atoms with van der Waals surface area (Å²) in [6.07, 6.45) is 0.833.